The number of carboxylic acid groups (broad SMARTS) is 1. The van der Waals surface area contributed by atoms with Crippen LogP contribution in [0, 0.1) is 11.3 Å². The molecule has 0 heterocycles. The molecule has 0 aromatic carbocycles. The minimum absolute atomic E-state index is 0.200. The van der Waals surface area contributed by atoms with Crippen LogP contribution in [-0.4, -0.2) is 36.0 Å². The van der Waals surface area contributed by atoms with Gasteiger partial charge in [0.15, 0.2) is 0 Å². The fourth-order valence-corrected chi connectivity index (χ4v) is 4.20. The summed E-state index contributed by atoms with van der Waals surface area (Å²) in [5, 5.41) is 14.6. The first-order valence-corrected chi connectivity index (χ1v) is 13.4. The highest BCUT2D eigenvalue weighted by atomic mass is 16.4. The Hall–Kier alpha value is -1.59. The summed E-state index contributed by atoms with van der Waals surface area (Å²) in [5.74, 6) is -2.18. The molecule has 6 heteroatoms. The van der Waals surface area contributed by atoms with Gasteiger partial charge in [-0.25, -0.2) is 0 Å². The summed E-state index contributed by atoms with van der Waals surface area (Å²) in [6, 6.07) is -0.692. The van der Waals surface area contributed by atoms with Crippen molar-refractivity contribution in [2.24, 2.45) is 11.3 Å². The number of unbranched alkanes of at least 4 members (excludes halogenated alkanes) is 13. The zero-order chi connectivity index (χ0) is 25.1. The maximum Gasteiger partial charge on any atom is 0.304 e. The molecule has 0 unspecified atom stereocenters. The highest BCUT2D eigenvalue weighted by Crippen LogP contribution is 2.22. The van der Waals surface area contributed by atoms with Gasteiger partial charge in [0.25, 0.3) is 0 Å². The number of amides is 2. The minimum Gasteiger partial charge on any atom is -0.481 e. The van der Waals surface area contributed by atoms with Crippen molar-refractivity contribution in [2.45, 2.75) is 136 Å². The van der Waals surface area contributed by atoms with Gasteiger partial charge in [-0.3, -0.25) is 14.4 Å². The van der Waals surface area contributed by atoms with Crippen LogP contribution in [0.3, 0.4) is 0 Å². The van der Waals surface area contributed by atoms with Crippen molar-refractivity contribution in [1.29, 1.82) is 0 Å². The van der Waals surface area contributed by atoms with E-state index in [0.717, 1.165) is 19.3 Å². The molecule has 0 bridgehead atoms. The topological polar surface area (TPSA) is 95.5 Å². The lowest BCUT2D eigenvalue weighted by atomic mass is 9.85. The summed E-state index contributed by atoms with van der Waals surface area (Å²) in [6.45, 7) is 7.90. The van der Waals surface area contributed by atoms with Crippen LogP contribution in [0.15, 0.2) is 0 Å². The fourth-order valence-electron chi connectivity index (χ4n) is 4.20. The number of carboxylic acids is 1. The Morgan fingerprint density at radius 2 is 1.15 bits per heavy atom. The molecule has 3 N–H and O–H groups in total. The molecule has 33 heavy (non-hydrogen) atoms. The summed E-state index contributed by atoms with van der Waals surface area (Å²) in [6.07, 6.45) is 18.0. The van der Waals surface area contributed by atoms with Gasteiger partial charge in [-0.05, 0) is 11.8 Å². The van der Waals surface area contributed by atoms with E-state index in [1.54, 1.807) is 0 Å². The summed E-state index contributed by atoms with van der Waals surface area (Å²) in [4.78, 5) is 36.2. The predicted molar refractivity (Wildman–Crippen MR) is 136 cm³/mol. The third-order valence-corrected chi connectivity index (χ3v) is 6.36. The van der Waals surface area contributed by atoms with Gasteiger partial charge in [-0.15, -0.1) is 0 Å². The Morgan fingerprint density at radius 3 is 1.52 bits per heavy atom. The lowest BCUT2D eigenvalue weighted by molar-refractivity contribution is -0.142. The molecule has 0 aromatic rings. The maximum atomic E-state index is 12.8. The molecule has 0 aliphatic carbocycles. The van der Waals surface area contributed by atoms with Crippen molar-refractivity contribution >= 4 is 17.8 Å². The van der Waals surface area contributed by atoms with Crippen molar-refractivity contribution in [3.63, 3.8) is 0 Å². The van der Waals surface area contributed by atoms with Crippen LogP contribution in [0.25, 0.3) is 0 Å². The summed E-state index contributed by atoms with van der Waals surface area (Å²) >= 11 is 0. The standard InChI is InChI=1S/C27H52N2O4/c1-6-7-8-9-10-11-12-13-14-15-16-17-18-19-20-22(21-23(30)31)25(32)29-24(26(33)28-5)27(2,3)4/h22,24H,6-21H2,1-5H3,(H,28,33)(H,29,32)(H,30,31)/t22-,24-/m1/s1. The summed E-state index contributed by atoms with van der Waals surface area (Å²) in [7, 11) is 1.54. The first kappa shape index (κ1) is 31.4. The maximum absolute atomic E-state index is 12.8. The first-order chi connectivity index (χ1) is 15.6. The van der Waals surface area contributed by atoms with Crippen LogP contribution in [-0.2, 0) is 14.4 Å². The number of aliphatic carboxylic acids is 1. The molecule has 2 amide bonds. The Labute approximate surface area is 203 Å². The van der Waals surface area contributed by atoms with Crippen molar-refractivity contribution in [2.75, 3.05) is 7.05 Å². The van der Waals surface area contributed by atoms with Crippen LogP contribution < -0.4 is 10.6 Å². The zero-order valence-electron chi connectivity index (χ0n) is 22.1. The number of hydrogen-bond acceptors (Lipinski definition) is 3. The van der Waals surface area contributed by atoms with Crippen LogP contribution in [0.1, 0.15) is 130 Å². The molecule has 0 aliphatic rings. The molecule has 0 fully saturated rings. The lowest BCUT2D eigenvalue weighted by Crippen LogP contribution is -2.54. The Kier molecular flexibility index (Phi) is 17.9. The first-order valence-electron chi connectivity index (χ1n) is 13.4. The molecule has 0 spiro atoms. The summed E-state index contributed by atoms with van der Waals surface area (Å²) < 4.78 is 0. The van der Waals surface area contributed by atoms with Crippen molar-refractivity contribution in [1.82, 2.24) is 10.6 Å². The van der Waals surface area contributed by atoms with Gasteiger partial charge < -0.3 is 15.7 Å². The van der Waals surface area contributed by atoms with E-state index < -0.39 is 23.3 Å². The molecule has 6 nitrogen and oxygen atoms in total. The second kappa shape index (κ2) is 18.8. The van der Waals surface area contributed by atoms with E-state index in [4.69, 9.17) is 0 Å². The van der Waals surface area contributed by atoms with Crippen molar-refractivity contribution in [3.05, 3.63) is 0 Å². The molecule has 0 aliphatic heterocycles. The minimum atomic E-state index is -0.979. The molecular weight excluding hydrogens is 416 g/mol. The van der Waals surface area contributed by atoms with Gasteiger partial charge in [0.1, 0.15) is 6.04 Å². The second-order valence-corrected chi connectivity index (χ2v) is 10.6. The second-order valence-electron chi connectivity index (χ2n) is 10.6. The summed E-state index contributed by atoms with van der Waals surface area (Å²) in [5.41, 5.74) is -0.460. The molecule has 0 saturated heterocycles. The highest BCUT2D eigenvalue weighted by molar-refractivity contribution is 5.90. The van der Waals surface area contributed by atoms with Gasteiger partial charge in [-0.1, -0.05) is 118 Å². The van der Waals surface area contributed by atoms with E-state index in [-0.39, 0.29) is 18.2 Å². The van der Waals surface area contributed by atoms with E-state index in [0.29, 0.717) is 6.42 Å². The van der Waals surface area contributed by atoms with E-state index in [2.05, 4.69) is 17.6 Å². The molecule has 0 saturated carbocycles. The molecule has 2 atom stereocenters. The number of likely N-dealkylation sites (N-methyl/N-ethyl adjacent to an activating group) is 1. The van der Waals surface area contributed by atoms with E-state index in [1.165, 1.54) is 77.7 Å². The van der Waals surface area contributed by atoms with Crippen molar-refractivity contribution in [3.8, 4) is 0 Å². The van der Waals surface area contributed by atoms with Gasteiger partial charge in [0, 0.05) is 13.0 Å². The number of nitrogens with one attached hydrogen (secondary N) is 2. The molecule has 0 radical (unpaired) electrons. The third kappa shape index (κ3) is 16.6. The highest BCUT2D eigenvalue weighted by Gasteiger charge is 2.34. The largest absolute Gasteiger partial charge is 0.481 e. The number of carbonyl (C=O) groups is 3. The molecule has 0 rings (SSSR count). The smallest absolute Gasteiger partial charge is 0.304 e. The monoisotopic (exact) mass is 468 g/mol. The number of carbonyl (C=O) groups excluding carboxylic acids is 2. The average Bonchev–Trinajstić information content (AvgIpc) is 2.75. The quantitative estimate of drug-likeness (QED) is 0.185. The molecule has 0 aromatic heterocycles. The van der Waals surface area contributed by atoms with E-state index in [9.17, 15) is 19.5 Å². The van der Waals surface area contributed by atoms with Gasteiger partial charge >= 0.3 is 5.97 Å². The van der Waals surface area contributed by atoms with Gasteiger partial charge in [0.05, 0.1) is 6.42 Å². The van der Waals surface area contributed by atoms with Gasteiger partial charge in [0.2, 0.25) is 11.8 Å². The SMILES string of the molecule is CCCCCCCCCCCCCCCC[C@H](CC(=O)O)C(=O)N[C@H](C(=O)NC)C(C)(C)C. The van der Waals surface area contributed by atoms with Gasteiger partial charge in [-0.2, -0.15) is 0 Å². The average molecular weight is 469 g/mol. The van der Waals surface area contributed by atoms with Crippen LogP contribution in [0.4, 0.5) is 0 Å². The third-order valence-electron chi connectivity index (χ3n) is 6.36. The normalized spacial score (nSPS) is 13.4. The lowest BCUT2D eigenvalue weighted by Gasteiger charge is -2.31. The van der Waals surface area contributed by atoms with E-state index >= 15 is 0 Å². The van der Waals surface area contributed by atoms with Crippen LogP contribution in [0.2, 0.25) is 0 Å². The Bertz CT molecular complexity index is 543. The number of hydrogen-bond donors (Lipinski definition) is 3. The molecular formula is C27H52N2O4. The molecule has 194 valence electrons. The predicted octanol–water partition coefficient (Wildman–Crippen LogP) is 6.23. The zero-order valence-corrected chi connectivity index (χ0v) is 22.1. The van der Waals surface area contributed by atoms with Crippen LogP contribution in [0.5, 0.6) is 0 Å². The van der Waals surface area contributed by atoms with Crippen LogP contribution >= 0.6 is 0 Å². The fraction of sp³-hybridized carbons (Fsp3) is 0.889. The van der Waals surface area contributed by atoms with E-state index in [1.807, 2.05) is 20.8 Å². The Balaban J connectivity index is 4.14. The number of rotatable bonds is 20. The van der Waals surface area contributed by atoms with Crippen molar-refractivity contribution < 1.29 is 19.5 Å². The Morgan fingerprint density at radius 1 is 0.727 bits per heavy atom.